The van der Waals surface area contributed by atoms with E-state index < -0.39 is 59.3 Å². The van der Waals surface area contributed by atoms with E-state index in [2.05, 4.69) is 32.4 Å². The largest absolute Gasteiger partial charge is 0.453 e. The van der Waals surface area contributed by atoms with Gasteiger partial charge in [-0.15, -0.1) is 11.1 Å². The highest BCUT2D eigenvalue weighted by Crippen LogP contribution is 2.39. The lowest BCUT2D eigenvalue weighted by Crippen LogP contribution is -2.41. The summed E-state index contributed by atoms with van der Waals surface area (Å²) in [6, 6.07) is 0. The Labute approximate surface area is 163 Å². The van der Waals surface area contributed by atoms with E-state index in [1.807, 2.05) is 19.6 Å². The molecule has 1 atom stereocenters. The van der Waals surface area contributed by atoms with Crippen LogP contribution in [-0.4, -0.2) is 52.9 Å². The Hall–Kier alpha value is -1.86. The predicted molar refractivity (Wildman–Crippen MR) is 98.7 cm³/mol. The molecule has 1 unspecified atom stereocenters. The number of rotatable bonds is 4. The molecule has 0 aliphatic rings. The van der Waals surface area contributed by atoms with Crippen molar-refractivity contribution in [2.75, 3.05) is 6.61 Å². The molecule has 0 rings (SSSR count). The van der Waals surface area contributed by atoms with Crippen LogP contribution in [0.25, 0.3) is 0 Å². The fourth-order valence-electron chi connectivity index (χ4n) is 1.41. The third-order valence-electron chi connectivity index (χ3n) is 2.62. The third-order valence-corrected chi connectivity index (χ3v) is 4.44. The first-order valence-electron chi connectivity index (χ1n) is 8.19. The Morgan fingerprint density at radius 1 is 0.893 bits per heavy atom. The van der Waals surface area contributed by atoms with E-state index in [9.17, 15) is 31.5 Å². The summed E-state index contributed by atoms with van der Waals surface area (Å²) in [6.45, 7) is 10.5. The number of alkyl halides is 5. The van der Waals surface area contributed by atoms with Gasteiger partial charge in [-0.3, -0.25) is 0 Å². The third kappa shape index (κ3) is 11.1. The van der Waals surface area contributed by atoms with E-state index in [1.165, 1.54) is 0 Å². The van der Waals surface area contributed by atoms with E-state index in [1.54, 1.807) is 19.6 Å². The predicted octanol–water partition coefficient (Wildman–Crippen LogP) is 3.79. The lowest BCUT2D eigenvalue weighted by Gasteiger charge is -2.22. The molecule has 0 spiro atoms. The first-order chi connectivity index (χ1) is 12.3. The van der Waals surface area contributed by atoms with Gasteiger partial charge in [0.25, 0.3) is 0 Å². The average Bonchev–Trinajstić information content (AvgIpc) is 2.45. The van der Waals surface area contributed by atoms with Crippen molar-refractivity contribution in [2.45, 2.75) is 63.9 Å². The molecule has 0 saturated heterocycles. The highest BCUT2D eigenvalue weighted by Gasteiger charge is 2.58. The first kappa shape index (κ1) is 26.1. The zero-order valence-corrected chi connectivity index (χ0v) is 18.5. The van der Waals surface area contributed by atoms with Crippen LogP contribution < -0.4 is 0 Å². The van der Waals surface area contributed by atoms with E-state index in [-0.39, 0.29) is 0 Å². The molecule has 0 radical (unpaired) electrons. The second kappa shape index (κ2) is 9.57. The van der Waals surface area contributed by atoms with Crippen molar-refractivity contribution in [3.05, 3.63) is 0 Å². The Morgan fingerprint density at radius 3 is 1.82 bits per heavy atom. The zero-order chi connectivity index (χ0) is 22.4. The minimum absolute atomic E-state index is 0.428. The molecule has 0 aliphatic carbocycles. The number of carbonyl (C=O) groups is 2. The standard InChI is InChI=1S/C17H23F5O4Si2/c1-27(2,3)10-7-9-25-14(23)15(24)26-13(8-11-28(4,5)6)12-16(18,19)17(20,21)22/h13H,9,12H2,1-6H3. The van der Waals surface area contributed by atoms with E-state index in [4.69, 9.17) is 0 Å². The lowest BCUT2D eigenvalue weighted by molar-refractivity contribution is -0.288. The number of hydrogen-bond acceptors (Lipinski definition) is 4. The highest BCUT2D eigenvalue weighted by molar-refractivity contribution is 6.84. The van der Waals surface area contributed by atoms with Crippen LogP contribution in [0.15, 0.2) is 0 Å². The second-order valence-corrected chi connectivity index (χ2v) is 17.4. The fraction of sp³-hybridized carbons (Fsp3) is 0.647. The maximum atomic E-state index is 13.3. The van der Waals surface area contributed by atoms with Gasteiger partial charge in [-0.2, -0.15) is 22.0 Å². The van der Waals surface area contributed by atoms with Crippen molar-refractivity contribution in [1.29, 1.82) is 0 Å². The van der Waals surface area contributed by atoms with Gasteiger partial charge in [-0.1, -0.05) is 51.1 Å². The molecule has 0 fully saturated rings. The van der Waals surface area contributed by atoms with Gasteiger partial charge in [0.2, 0.25) is 0 Å². The summed E-state index contributed by atoms with van der Waals surface area (Å²) in [7, 11) is -3.90. The van der Waals surface area contributed by atoms with Gasteiger partial charge < -0.3 is 9.47 Å². The summed E-state index contributed by atoms with van der Waals surface area (Å²) in [4.78, 5) is 23.2. The van der Waals surface area contributed by atoms with Gasteiger partial charge in [0.05, 0.1) is 6.42 Å². The summed E-state index contributed by atoms with van der Waals surface area (Å²) >= 11 is 0. The Morgan fingerprint density at radius 2 is 1.39 bits per heavy atom. The molecule has 0 heterocycles. The monoisotopic (exact) mass is 442 g/mol. The van der Waals surface area contributed by atoms with E-state index in [0.717, 1.165) is 0 Å². The minimum Gasteiger partial charge on any atom is -0.444 e. The fourth-order valence-corrected chi connectivity index (χ4v) is 2.60. The zero-order valence-electron chi connectivity index (χ0n) is 16.5. The van der Waals surface area contributed by atoms with Crippen LogP contribution in [0.3, 0.4) is 0 Å². The number of hydrogen-bond donors (Lipinski definition) is 0. The van der Waals surface area contributed by atoms with Crippen LogP contribution in [0.2, 0.25) is 39.3 Å². The summed E-state index contributed by atoms with van der Waals surface area (Å²) in [5.74, 6) is -3.73. The molecule has 0 N–H and O–H groups in total. The second-order valence-electron chi connectivity index (χ2n) is 7.95. The molecule has 0 bridgehead atoms. The first-order valence-corrected chi connectivity index (χ1v) is 15.2. The maximum Gasteiger partial charge on any atom is 0.453 e. The Bertz CT molecular complexity index is 698. The summed E-state index contributed by atoms with van der Waals surface area (Å²) in [6.07, 6.45) is -9.87. The van der Waals surface area contributed by atoms with Gasteiger partial charge >= 0.3 is 24.0 Å². The number of esters is 2. The molecule has 4 nitrogen and oxygen atoms in total. The molecular weight excluding hydrogens is 419 g/mol. The van der Waals surface area contributed by atoms with Gasteiger partial charge in [-0.05, 0) is 0 Å². The Kier molecular flexibility index (Phi) is 8.93. The molecular formula is C17H23F5O4Si2. The molecule has 0 amide bonds. The SMILES string of the molecule is C[Si](C)(C)C#CCOC(=O)C(=O)OC(C#C[Si](C)(C)C)CC(F)(F)C(F)(F)F. The van der Waals surface area contributed by atoms with Crippen molar-refractivity contribution < 1.29 is 41.0 Å². The van der Waals surface area contributed by atoms with Crippen LogP contribution in [0, 0.1) is 22.9 Å². The van der Waals surface area contributed by atoms with Crippen molar-refractivity contribution >= 4 is 28.1 Å². The number of halogens is 5. The normalized spacial score (nSPS) is 13.4. The summed E-state index contributed by atoms with van der Waals surface area (Å²) in [5, 5.41) is 0. The smallest absolute Gasteiger partial charge is 0.444 e. The number of ether oxygens (including phenoxy) is 2. The van der Waals surface area contributed by atoms with Gasteiger partial charge in [0.1, 0.15) is 16.1 Å². The molecule has 0 aliphatic heterocycles. The van der Waals surface area contributed by atoms with Crippen LogP contribution in [0.1, 0.15) is 6.42 Å². The Balaban J connectivity index is 5.21. The van der Waals surface area contributed by atoms with Crippen LogP contribution in [0.4, 0.5) is 22.0 Å². The van der Waals surface area contributed by atoms with Crippen LogP contribution >= 0.6 is 0 Å². The topological polar surface area (TPSA) is 52.6 Å². The van der Waals surface area contributed by atoms with E-state index >= 15 is 0 Å². The van der Waals surface area contributed by atoms with Gasteiger partial charge in [-0.25, -0.2) is 9.59 Å². The van der Waals surface area contributed by atoms with Gasteiger partial charge in [0, 0.05) is 0 Å². The molecule has 0 saturated carbocycles. The van der Waals surface area contributed by atoms with E-state index in [0.29, 0.717) is 0 Å². The van der Waals surface area contributed by atoms with Crippen molar-refractivity contribution in [3.8, 4) is 22.9 Å². The van der Waals surface area contributed by atoms with Crippen molar-refractivity contribution in [1.82, 2.24) is 0 Å². The molecule has 0 aromatic carbocycles. The highest BCUT2D eigenvalue weighted by atomic mass is 28.3. The molecule has 0 aromatic rings. The lowest BCUT2D eigenvalue weighted by atomic mass is 10.1. The van der Waals surface area contributed by atoms with Gasteiger partial charge in [0.15, 0.2) is 12.7 Å². The summed E-state index contributed by atoms with van der Waals surface area (Å²) < 4.78 is 72.9. The average molecular weight is 443 g/mol. The van der Waals surface area contributed by atoms with Crippen molar-refractivity contribution in [3.63, 3.8) is 0 Å². The van der Waals surface area contributed by atoms with Crippen molar-refractivity contribution in [2.24, 2.45) is 0 Å². The molecule has 28 heavy (non-hydrogen) atoms. The quantitative estimate of drug-likeness (QED) is 0.219. The molecule has 11 heteroatoms. The minimum atomic E-state index is -5.84. The molecule has 0 aromatic heterocycles. The summed E-state index contributed by atoms with van der Waals surface area (Å²) in [5.41, 5.74) is 5.41. The van der Waals surface area contributed by atoms with Crippen LogP contribution in [0.5, 0.6) is 0 Å². The number of carbonyl (C=O) groups excluding carboxylic acids is 2. The maximum absolute atomic E-state index is 13.3. The van der Waals surface area contributed by atoms with Crippen LogP contribution in [-0.2, 0) is 19.1 Å². The molecule has 158 valence electrons.